The van der Waals surface area contributed by atoms with Crippen molar-refractivity contribution in [1.82, 2.24) is 10.4 Å². The standard InChI is InChI=1S/C6H15N2O5P/c1-5(2)8(10)6(9)3-7-4-14(11,12)13/h5,7,10H,3-4H2,1-2H3,(H2,11,12,13). The van der Waals surface area contributed by atoms with Crippen molar-refractivity contribution in [3.8, 4) is 0 Å². The number of rotatable bonds is 5. The third kappa shape index (κ3) is 6.06. The van der Waals surface area contributed by atoms with Crippen LogP contribution in [0, 0.1) is 0 Å². The highest BCUT2D eigenvalue weighted by Crippen LogP contribution is 2.31. The van der Waals surface area contributed by atoms with Crippen molar-refractivity contribution in [3.05, 3.63) is 0 Å². The van der Waals surface area contributed by atoms with Gasteiger partial charge in [0.05, 0.1) is 18.9 Å². The Bertz CT molecular complexity index is 238. The predicted octanol–water partition coefficient (Wildman–Crippen LogP) is -0.663. The fourth-order valence-corrected chi connectivity index (χ4v) is 1.08. The summed E-state index contributed by atoms with van der Waals surface area (Å²) in [4.78, 5) is 27.9. The molecule has 8 heteroatoms. The fraction of sp³-hybridized carbons (Fsp3) is 0.833. The number of amides is 1. The van der Waals surface area contributed by atoms with Gasteiger partial charge in [0.1, 0.15) is 0 Å². The van der Waals surface area contributed by atoms with Crippen molar-refractivity contribution in [2.45, 2.75) is 19.9 Å². The summed E-state index contributed by atoms with van der Waals surface area (Å²) in [6.45, 7) is 2.92. The number of hydroxylamine groups is 2. The molecule has 0 saturated heterocycles. The fourth-order valence-electron chi connectivity index (χ4n) is 0.677. The van der Waals surface area contributed by atoms with Crippen LogP contribution in [0.3, 0.4) is 0 Å². The Kier molecular flexibility index (Phi) is 5.25. The molecule has 0 aliphatic heterocycles. The quantitative estimate of drug-likeness (QED) is 0.281. The minimum Gasteiger partial charge on any atom is -0.324 e. The van der Waals surface area contributed by atoms with Gasteiger partial charge in [0.25, 0.3) is 5.91 Å². The Morgan fingerprint density at radius 2 is 2.00 bits per heavy atom. The normalized spacial score (nSPS) is 11.9. The zero-order chi connectivity index (χ0) is 11.4. The van der Waals surface area contributed by atoms with E-state index in [2.05, 4.69) is 5.32 Å². The Morgan fingerprint density at radius 1 is 1.50 bits per heavy atom. The van der Waals surface area contributed by atoms with Crippen LogP contribution in [-0.4, -0.2) is 44.8 Å². The van der Waals surface area contributed by atoms with Crippen molar-refractivity contribution in [3.63, 3.8) is 0 Å². The minimum atomic E-state index is -4.14. The van der Waals surface area contributed by atoms with E-state index in [-0.39, 0.29) is 12.6 Å². The van der Waals surface area contributed by atoms with E-state index in [0.29, 0.717) is 5.06 Å². The average molecular weight is 226 g/mol. The SMILES string of the molecule is CC(C)N(O)C(=O)CNCP(=O)(O)O. The summed E-state index contributed by atoms with van der Waals surface area (Å²) < 4.78 is 10.4. The van der Waals surface area contributed by atoms with Crippen molar-refractivity contribution >= 4 is 13.5 Å². The first-order valence-corrected chi connectivity index (χ1v) is 5.80. The van der Waals surface area contributed by atoms with Gasteiger partial charge in [0, 0.05) is 0 Å². The number of carbonyl (C=O) groups excluding carboxylic acids is 1. The molecular formula is C6H15N2O5P. The molecule has 7 nitrogen and oxygen atoms in total. The number of nitrogens with zero attached hydrogens (tertiary/aromatic N) is 1. The van der Waals surface area contributed by atoms with E-state index in [9.17, 15) is 9.36 Å². The van der Waals surface area contributed by atoms with Gasteiger partial charge < -0.3 is 9.79 Å². The third-order valence-corrected chi connectivity index (χ3v) is 1.97. The summed E-state index contributed by atoms with van der Waals surface area (Å²) in [5.41, 5.74) is 0. The Balaban J connectivity index is 3.81. The molecule has 0 aromatic carbocycles. The maximum atomic E-state index is 11.0. The zero-order valence-electron chi connectivity index (χ0n) is 8.04. The zero-order valence-corrected chi connectivity index (χ0v) is 8.94. The molecular weight excluding hydrogens is 211 g/mol. The summed E-state index contributed by atoms with van der Waals surface area (Å²) in [7, 11) is -4.14. The van der Waals surface area contributed by atoms with Gasteiger partial charge in [-0.2, -0.15) is 0 Å². The number of hydrogen-bond donors (Lipinski definition) is 4. The molecule has 4 N–H and O–H groups in total. The largest absolute Gasteiger partial charge is 0.339 e. The van der Waals surface area contributed by atoms with Gasteiger partial charge in [-0.3, -0.25) is 19.9 Å². The summed E-state index contributed by atoms with van der Waals surface area (Å²) in [6.07, 6.45) is -0.579. The molecule has 0 atom stereocenters. The van der Waals surface area contributed by atoms with Gasteiger partial charge in [0.2, 0.25) is 0 Å². The Labute approximate surface area is 81.8 Å². The van der Waals surface area contributed by atoms with Crippen LogP contribution >= 0.6 is 7.60 Å². The molecule has 0 aliphatic carbocycles. The van der Waals surface area contributed by atoms with E-state index in [0.717, 1.165) is 0 Å². The van der Waals surface area contributed by atoms with E-state index in [1.807, 2.05) is 0 Å². The van der Waals surface area contributed by atoms with E-state index < -0.39 is 19.8 Å². The lowest BCUT2D eigenvalue weighted by molar-refractivity contribution is -0.171. The number of nitrogens with one attached hydrogen (secondary N) is 1. The molecule has 1 amide bonds. The second kappa shape index (κ2) is 5.43. The molecule has 0 aromatic rings. The van der Waals surface area contributed by atoms with Gasteiger partial charge >= 0.3 is 7.60 Å². The van der Waals surface area contributed by atoms with Crippen LogP contribution in [0.15, 0.2) is 0 Å². The molecule has 0 spiro atoms. The lowest BCUT2D eigenvalue weighted by atomic mass is 10.4. The molecule has 0 rings (SSSR count). The highest BCUT2D eigenvalue weighted by Gasteiger charge is 2.16. The predicted molar refractivity (Wildman–Crippen MR) is 48.7 cm³/mol. The topological polar surface area (TPSA) is 110 Å². The average Bonchev–Trinajstić information content (AvgIpc) is 2.00. The van der Waals surface area contributed by atoms with Crippen LogP contribution in [-0.2, 0) is 9.36 Å². The third-order valence-electron chi connectivity index (χ3n) is 1.34. The van der Waals surface area contributed by atoms with E-state index >= 15 is 0 Å². The first kappa shape index (κ1) is 13.5. The van der Waals surface area contributed by atoms with E-state index in [4.69, 9.17) is 15.0 Å². The van der Waals surface area contributed by atoms with Crippen LogP contribution in [0.1, 0.15) is 13.8 Å². The van der Waals surface area contributed by atoms with Gasteiger partial charge in [-0.15, -0.1) is 0 Å². The molecule has 0 bridgehead atoms. The van der Waals surface area contributed by atoms with Gasteiger partial charge in [-0.1, -0.05) is 0 Å². The van der Waals surface area contributed by atoms with Crippen molar-refractivity contribution in [1.29, 1.82) is 0 Å². The van der Waals surface area contributed by atoms with Gasteiger partial charge in [-0.05, 0) is 13.8 Å². The van der Waals surface area contributed by atoms with E-state index in [1.165, 1.54) is 0 Å². The summed E-state index contributed by atoms with van der Waals surface area (Å²) >= 11 is 0. The minimum absolute atomic E-state index is 0.306. The monoisotopic (exact) mass is 226 g/mol. The Morgan fingerprint density at radius 3 is 2.36 bits per heavy atom. The van der Waals surface area contributed by atoms with Crippen molar-refractivity contribution < 1.29 is 24.4 Å². The van der Waals surface area contributed by atoms with Gasteiger partial charge in [0.15, 0.2) is 0 Å². The van der Waals surface area contributed by atoms with Crippen LogP contribution in [0.2, 0.25) is 0 Å². The lowest BCUT2D eigenvalue weighted by Crippen LogP contribution is -2.40. The molecule has 0 radical (unpaired) electrons. The highest BCUT2D eigenvalue weighted by molar-refractivity contribution is 7.51. The molecule has 84 valence electrons. The number of hydrogen-bond acceptors (Lipinski definition) is 4. The maximum absolute atomic E-state index is 11.0. The number of carbonyl (C=O) groups is 1. The van der Waals surface area contributed by atoms with Gasteiger partial charge in [-0.25, -0.2) is 5.06 Å². The molecule has 14 heavy (non-hydrogen) atoms. The van der Waals surface area contributed by atoms with Crippen LogP contribution in [0.25, 0.3) is 0 Å². The molecule has 0 saturated carbocycles. The first-order valence-electron chi connectivity index (χ1n) is 4.00. The second-order valence-electron chi connectivity index (χ2n) is 3.08. The van der Waals surface area contributed by atoms with E-state index in [1.54, 1.807) is 13.8 Å². The van der Waals surface area contributed by atoms with Crippen LogP contribution in [0.4, 0.5) is 0 Å². The molecule has 0 unspecified atom stereocenters. The second-order valence-corrected chi connectivity index (χ2v) is 4.73. The molecule has 0 aliphatic rings. The smallest absolute Gasteiger partial charge is 0.324 e. The van der Waals surface area contributed by atoms with Crippen molar-refractivity contribution in [2.75, 3.05) is 12.8 Å². The van der Waals surface area contributed by atoms with Crippen LogP contribution < -0.4 is 5.32 Å². The van der Waals surface area contributed by atoms with Crippen LogP contribution in [0.5, 0.6) is 0 Å². The summed E-state index contributed by atoms with van der Waals surface area (Å²) in [5.74, 6) is -0.631. The first-order chi connectivity index (χ1) is 6.24. The molecule has 0 heterocycles. The summed E-state index contributed by atoms with van der Waals surface area (Å²) in [5, 5.41) is 11.8. The maximum Gasteiger partial charge on any atom is 0.339 e. The lowest BCUT2D eigenvalue weighted by Gasteiger charge is -2.18. The van der Waals surface area contributed by atoms with Crippen molar-refractivity contribution in [2.24, 2.45) is 0 Å². The summed E-state index contributed by atoms with van der Waals surface area (Å²) in [6, 6.07) is -0.362. The molecule has 0 fully saturated rings. The highest BCUT2D eigenvalue weighted by atomic mass is 31.2. The molecule has 0 aromatic heterocycles. The Hall–Kier alpha value is -0.460.